The first kappa shape index (κ1) is 17.2. The lowest BCUT2D eigenvalue weighted by Crippen LogP contribution is -2.26. The van der Waals surface area contributed by atoms with Gasteiger partial charge in [-0.2, -0.15) is 10.1 Å². The highest BCUT2D eigenvalue weighted by molar-refractivity contribution is 5.77. The van der Waals surface area contributed by atoms with Crippen LogP contribution in [-0.2, 0) is 31.4 Å². The minimum Gasteiger partial charge on any atom is -0.332 e. The second kappa shape index (κ2) is 6.89. The Labute approximate surface area is 163 Å². The molecule has 3 heterocycles. The van der Waals surface area contributed by atoms with Crippen molar-refractivity contribution in [3.05, 3.63) is 53.0 Å². The van der Waals surface area contributed by atoms with Gasteiger partial charge in [-0.15, -0.1) is 0 Å². The molecule has 144 valence electrons. The van der Waals surface area contributed by atoms with Crippen LogP contribution in [0.1, 0.15) is 54.2 Å². The maximum absolute atomic E-state index is 12.7. The second-order valence-corrected chi connectivity index (χ2v) is 7.72. The molecule has 0 spiro atoms. The van der Waals surface area contributed by atoms with Crippen molar-refractivity contribution in [1.82, 2.24) is 24.8 Å². The Kier molecular flexibility index (Phi) is 4.22. The van der Waals surface area contributed by atoms with Crippen molar-refractivity contribution < 1.29 is 9.32 Å². The molecule has 1 saturated carbocycles. The standard InChI is InChI=1S/C21H23N5O2/c1-25-17-13-26(18(27)9-5-8-14-6-3-2-4-7-14)12-16(17)19(23-25)21-22-20(24-28-21)15-10-11-15/h2-4,6-7,15H,5,8-13H2,1H3. The van der Waals surface area contributed by atoms with Crippen molar-refractivity contribution in [3.8, 4) is 11.6 Å². The Morgan fingerprint density at radius 2 is 2.04 bits per heavy atom. The van der Waals surface area contributed by atoms with Crippen molar-refractivity contribution in [1.29, 1.82) is 0 Å². The molecule has 3 aromatic rings. The van der Waals surface area contributed by atoms with E-state index < -0.39 is 0 Å². The van der Waals surface area contributed by atoms with Gasteiger partial charge in [0.05, 0.1) is 18.8 Å². The van der Waals surface area contributed by atoms with Gasteiger partial charge in [0.15, 0.2) is 11.5 Å². The summed E-state index contributed by atoms with van der Waals surface area (Å²) in [7, 11) is 1.91. The SMILES string of the molecule is Cn1nc(-c2nc(C3CC3)no2)c2c1CN(C(=O)CCCc1ccccc1)C2. The summed E-state index contributed by atoms with van der Waals surface area (Å²) in [5.74, 6) is 1.87. The normalized spacial score (nSPS) is 15.8. The van der Waals surface area contributed by atoms with Crippen molar-refractivity contribution in [3.63, 3.8) is 0 Å². The minimum atomic E-state index is 0.183. The monoisotopic (exact) mass is 377 g/mol. The topological polar surface area (TPSA) is 77.1 Å². The Morgan fingerprint density at radius 3 is 2.82 bits per heavy atom. The molecule has 0 bridgehead atoms. The summed E-state index contributed by atoms with van der Waals surface area (Å²) in [6.07, 6.45) is 4.59. The first-order valence-corrected chi connectivity index (χ1v) is 9.89. The third-order valence-electron chi connectivity index (χ3n) is 5.60. The number of hydrogen-bond donors (Lipinski definition) is 0. The van der Waals surface area contributed by atoms with Crippen LogP contribution < -0.4 is 0 Å². The van der Waals surface area contributed by atoms with Crippen LogP contribution in [0.15, 0.2) is 34.9 Å². The van der Waals surface area contributed by atoms with Gasteiger partial charge in [0.1, 0.15) is 0 Å². The summed E-state index contributed by atoms with van der Waals surface area (Å²) < 4.78 is 7.30. The van der Waals surface area contributed by atoms with Gasteiger partial charge in [0, 0.05) is 24.9 Å². The van der Waals surface area contributed by atoms with E-state index in [2.05, 4.69) is 27.4 Å². The Bertz CT molecular complexity index is 1000. The van der Waals surface area contributed by atoms with Crippen molar-refractivity contribution in [2.75, 3.05) is 0 Å². The first-order chi connectivity index (χ1) is 13.7. The Morgan fingerprint density at radius 1 is 1.21 bits per heavy atom. The molecular weight excluding hydrogens is 354 g/mol. The van der Waals surface area contributed by atoms with E-state index in [1.807, 2.05) is 34.8 Å². The molecule has 1 fully saturated rings. The summed E-state index contributed by atoms with van der Waals surface area (Å²) >= 11 is 0. The number of carbonyl (C=O) groups excluding carboxylic acids is 1. The summed E-state index contributed by atoms with van der Waals surface area (Å²) in [5.41, 5.74) is 4.08. The number of aromatic nitrogens is 4. The van der Waals surface area contributed by atoms with Gasteiger partial charge in [-0.25, -0.2) is 0 Å². The molecule has 1 aromatic carbocycles. The molecule has 0 N–H and O–H groups in total. The fourth-order valence-corrected chi connectivity index (χ4v) is 3.83. The number of rotatable bonds is 6. The molecule has 7 heteroatoms. The number of carbonyl (C=O) groups is 1. The van der Waals surface area contributed by atoms with Crippen LogP contribution in [0.2, 0.25) is 0 Å². The van der Waals surface area contributed by atoms with E-state index in [9.17, 15) is 4.79 Å². The minimum absolute atomic E-state index is 0.183. The van der Waals surface area contributed by atoms with Gasteiger partial charge >= 0.3 is 0 Å². The van der Waals surface area contributed by atoms with Gasteiger partial charge in [0.2, 0.25) is 5.91 Å². The third-order valence-corrected chi connectivity index (χ3v) is 5.60. The van der Waals surface area contributed by atoms with Crippen LogP contribution in [-0.4, -0.2) is 30.7 Å². The van der Waals surface area contributed by atoms with E-state index >= 15 is 0 Å². The van der Waals surface area contributed by atoms with E-state index in [-0.39, 0.29) is 5.91 Å². The molecule has 7 nitrogen and oxygen atoms in total. The number of nitrogens with zero attached hydrogens (tertiary/aromatic N) is 5. The van der Waals surface area contributed by atoms with Crippen LogP contribution in [0.3, 0.4) is 0 Å². The highest BCUT2D eigenvalue weighted by Gasteiger charge is 2.34. The lowest BCUT2D eigenvalue weighted by Gasteiger charge is -2.16. The fourth-order valence-electron chi connectivity index (χ4n) is 3.83. The number of hydrogen-bond acceptors (Lipinski definition) is 5. The number of aryl methyl sites for hydroxylation is 2. The molecule has 0 radical (unpaired) electrons. The summed E-state index contributed by atoms with van der Waals surface area (Å²) in [6, 6.07) is 10.3. The quantitative estimate of drug-likeness (QED) is 0.659. The zero-order valence-electron chi connectivity index (χ0n) is 16.0. The van der Waals surface area contributed by atoms with Crippen LogP contribution in [0, 0.1) is 0 Å². The highest BCUT2D eigenvalue weighted by Crippen LogP contribution is 2.39. The molecule has 1 amide bonds. The lowest BCUT2D eigenvalue weighted by molar-refractivity contribution is -0.131. The maximum atomic E-state index is 12.7. The third kappa shape index (κ3) is 3.21. The van der Waals surface area contributed by atoms with Gasteiger partial charge in [-0.1, -0.05) is 35.5 Å². The number of fused-ring (bicyclic) bond motifs is 1. The van der Waals surface area contributed by atoms with Crippen LogP contribution >= 0.6 is 0 Å². The molecule has 1 aliphatic carbocycles. The lowest BCUT2D eigenvalue weighted by atomic mass is 10.1. The van der Waals surface area contributed by atoms with Gasteiger partial charge in [0.25, 0.3) is 5.89 Å². The van der Waals surface area contributed by atoms with Crippen molar-refractivity contribution >= 4 is 5.91 Å². The highest BCUT2D eigenvalue weighted by atomic mass is 16.5. The van der Waals surface area contributed by atoms with Crippen molar-refractivity contribution in [2.24, 2.45) is 7.05 Å². The van der Waals surface area contributed by atoms with Crippen LogP contribution in [0.25, 0.3) is 11.6 Å². The Balaban J connectivity index is 1.25. The second-order valence-electron chi connectivity index (χ2n) is 7.72. The molecule has 2 aliphatic rings. The average molecular weight is 377 g/mol. The average Bonchev–Trinajstić information content (AvgIpc) is 3.15. The van der Waals surface area contributed by atoms with Gasteiger partial charge < -0.3 is 9.42 Å². The molecular formula is C21H23N5O2. The summed E-state index contributed by atoms with van der Waals surface area (Å²) in [6.45, 7) is 1.15. The fraction of sp³-hybridized carbons (Fsp3) is 0.429. The largest absolute Gasteiger partial charge is 0.332 e. The van der Waals surface area contributed by atoms with Crippen LogP contribution in [0.4, 0.5) is 0 Å². The van der Waals surface area contributed by atoms with Gasteiger partial charge in [-0.3, -0.25) is 9.48 Å². The smallest absolute Gasteiger partial charge is 0.278 e. The van der Waals surface area contributed by atoms with Gasteiger partial charge in [-0.05, 0) is 31.2 Å². The van der Waals surface area contributed by atoms with E-state index in [0.717, 1.165) is 48.5 Å². The Hall–Kier alpha value is -2.96. The van der Waals surface area contributed by atoms with Crippen molar-refractivity contribution in [2.45, 2.75) is 51.1 Å². The molecule has 28 heavy (non-hydrogen) atoms. The molecule has 0 saturated heterocycles. The maximum Gasteiger partial charge on any atom is 0.278 e. The van der Waals surface area contributed by atoms with E-state index in [1.54, 1.807) is 0 Å². The summed E-state index contributed by atoms with van der Waals surface area (Å²) in [4.78, 5) is 19.1. The zero-order chi connectivity index (χ0) is 19.1. The predicted octanol–water partition coefficient (Wildman–Crippen LogP) is 3.21. The number of amides is 1. The molecule has 0 atom stereocenters. The molecule has 1 aliphatic heterocycles. The predicted molar refractivity (Wildman–Crippen MR) is 102 cm³/mol. The van der Waals surface area contributed by atoms with Crippen LogP contribution in [0.5, 0.6) is 0 Å². The number of benzene rings is 1. The van der Waals surface area contributed by atoms with E-state index in [4.69, 9.17) is 4.52 Å². The first-order valence-electron chi connectivity index (χ1n) is 9.89. The van der Waals surface area contributed by atoms with E-state index in [1.165, 1.54) is 5.56 Å². The molecule has 5 rings (SSSR count). The zero-order valence-corrected chi connectivity index (χ0v) is 16.0. The molecule has 2 aromatic heterocycles. The summed E-state index contributed by atoms with van der Waals surface area (Å²) in [5, 5.41) is 8.67. The van der Waals surface area contributed by atoms with E-state index in [0.29, 0.717) is 31.3 Å². The molecule has 0 unspecified atom stereocenters.